The molecule has 0 aliphatic carbocycles. The molecule has 3 heteroatoms. The molecule has 0 saturated heterocycles. The highest BCUT2D eigenvalue weighted by molar-refractivity contribution is 5.76. The van der Waals surface area contributed by atoms with Crippen LogP contribution in [0.5, 0.6) is 0 Å². The summed E-state index contributed by atoms with van der Waals surface area (Å²) in [6.45, 7) is 1.95. The van der Waals surface area contributed by atoms with Crippen molar-refractivity contribution in [3.63, 3.8) is 0 Å². The highest BCUT2D eigenvalue weighted by Crippen LogP contribution is 1.99. The van der Waals surface area contributed by atoms with Crippen LogP contribution in [0.4, 0.5) is 0 Å². The standard InChI is InChI=1S/C7H9N3/c1-6-3-5-9-7(10-6)2-4-8/h2-5,8,10H,1H3/b7-2-,8-4?. The number of rotatable bonds is 1. The molecule has 0 bridgehead atoms. The lowest BCUT2D eigenvalue weighted by atomic mass is 10.4. The Morgan fingerprint density at radius 1 is 1.70 bits per heavy atom. The molecule has 0 aromatic carbocycles. The molecule has 0 amide bonds. The molecule has 2 N–H and O–H groups in total. The maximum Gasteiger partial charge on any atom is 0.131 e. The van der Waals surface area contributed by atoms with Crippen LogP contribution in [0.3, 0.4) is 0 Å². The van der Waals surface area contributed by atoms with Gasteiger partial charge in [0.05, 0.1) is 0 Å². The third-order valence-corrected chi connectivity index (χ3v) is 1.10. The molecular weight excluding hydrogens is 126 g/mol. The predicted octanol–water partition coefficient (Wildman–Crippen LogP) is 1.06. The Balaban J connectivity index is 2.72. The summed E-state index contributed by atoms with van der Waals surface area (Å²) in [6.07, 6.45) is 6.40. The number of hydrogen-bond donors (Lipinski definition) is 2. The van der Waals surface area contributed by atoms with E-state index in [0.29, 0.717) is 0 Å². The first kappa shape index (κ1) is 6.74. The van der Waals surface area contributed by atoms with Gasteiger partial charge in [-0.2, -0.15) is 0 Å². The molecule has 0 fully saturated rings. The summed E-state index contributed by atoms with van der Waals surface area (Å²) in [5.74, 6) is 0.718. The van der Waals surface area contributed by atoms with Gasteiger partial charge in [0.1, 0.15) is 5.82 Å². The molecule has 0 aromatic heterocycles. The average molecular weight is 135 g/mol. The van der Waals surface area contributed by atoms with E-state index >= 15 is 0 Å². The van der Waals surface area contributed by atoms with Gasteiger partial charge in [-0.15, -0.1) is 0 Å². The van der Waals surface area contributed by atoms with E-state index in [1.165, 1.54) is 6.21 Å². The average Bonchev–Trinajstić information content (AvgIpc) is 1.88. The first-order valence-corrected chi connectivity index (χ1v) is 3.01. The summed E-state index contributed by atoms with van der Waals surface area (Å²) in [5, 5.41) is 9.76. The van der Waals surface area contributed by atoms with E-state index in [0.717, 1.165) is 11.5 Å². The van der Waals surface area contributed by atoms with Crippen LogP contribution in [-0.2, 0) is 0 Å². The number of nitrogens with zero attached hydrogens (tertiary/aromatic N) is 1. The van der Waals surface area contributed by atoms with Gasteiger partial charge < -0.3 is 10.7 Å². The third kappa shape index (κ3) is 1.55. The molecule has 0 atom stereocenters. The summed E-state index contributed by atoms with van der Waals surface area (Å²) in [5.41, 5.74) is 1.04. The number of allylic oxidation sites excluding steroid dienone is 3. The van der Waals surface area contributed by atoms with Crippen LogP contribution >= 0.6 is 0 Å². The summed E-state index contributed by atoms with van der Waals surface area (Å²) >= 11 is 0. The van der Waals surface area contributed by atoms with Gasteiger partial charge in [-0.05, 0) is 19.1 Å². The fourth-order valence-corrected chi connectivity index (χ4v) is 0.669. The van der Waals surface area contributed by atoms with Crippen molar-refractivity contribution in [3.8, 4) is 0 Å². The SMILES string of the molecule is CC1=CC=N/C(=C/C=N)N1. The molecule has 52 valence electrons. The molecule has 0 spiro atoms. The van der Waals surface area contributed by atoms with E-state index in [2.05, 4.69) is 10.3 Å². The lowest BCUT2D eigenvalue weighted by molar-refractivity contribution is 0.942. The zero-order valence-corrected chi connectivity index (χ0v) is 5.76. The molecule has 10 heavy (non-hydrogen) atoms. The fourth-order valence-electron chi connectivity index (χ4n) is 0.669. The summed E-state index contributed by atoms with van der Waals surface area (Å²) < 4.78 is 0. The van der Waals surface area contributed by atoms with Crippen molar-refractivity contribution in [2.24, 2.45) is 4.99 Å². The highest BCUT2D eigenvalue weighted by Gasteiger charge is 1.95. The van der Waals surface area contributed by atoms with Crippen LogP contribution in [0.1, 0.15) is 6.92 Å². The number of nitrogens with one attached hydrogen (secondary N) is 2. The van der Waals surface area contributed by atoms with E-state index in [9.17, 15) is 0 Å². The molecule has 1 aliphatic rings. The third-order valence-electron chi connectivity index (χ3n) is 1.10. The van der Waals surface area contributed by atoms with Gasteiger partial charge in [-0.25, -0.2) is 4.99 Å². The Kier molecular flexibility index (Phi) is 1.99. The van der Waals surface area contributed by atoms with E-state index < -0.39 is 0 Å². The quantitative estimate of drug-likeness (QED) is 0.519. The van der Waals surface area contributed by atoms with Gasteiger partial charge >= 0.3 is 0 Å². The van der Waals surface area contributed by atoms with Gasteiger partial charge in [0, 0.05) is 18.1 Å². The first-order valence-electron chi connectivity index (χ1n) is 3.01. The summed E-state index contributed by atoms with van der Waals surface area (Å²) in [7, 11) is 0. The largest absolute Gasteiger partial charge is 0.344 e. The van der Waals surface area contributed by atoms with Crippen LogP contribution < -0.4 is 5.32 Å². The van der Waals surface area contributed by atoms with E-state index in [-0.39, 0.29) is 0 Å². The normalized spacial score (nSPS) is 20.1. The van der Waals surface area contributed by atoms with Crippen molar-refractivity contribution in [3.05, 3.63) is 23.7 Å². The van der Waals surface area contributed by atoms with Crippen LogP contribution in [0.2, 0.25) is 0 Å². The lowest BCUT2D eigenvalue weighted by Gasteiger charge is -2.08. The second-order valence-electron chi connectivity index (χ2n) is 1.97. The smallest absolute Gasteiger partial charge is 0.131 e. The number of hydrogen-bond acceptors (Lipinski definition) is 3. The maximum absolute atomic E-state index is 6.77. The highest BCUT2D eigenvalue weighted by atomic mass is 15.0. The Hall–Kier alpha value is -1.38. The van der Waals surface area contributed by atoms with E-state index in [4.69, 9.17) is 5.41 Å². The Morgan fingerprint density at radius 2 is 2.50 bits per heavy atom. The second kappa shape index (κ2) is 2.96. The Morgan fingerprint density at radius 3 is 3.10 bits per heavy atom. The van der Waals surface area contributed by atoms with E-state index in [1.807, 2.05) is 13.0 Å². The van der Waals surface area contributed by atoms with Crippen LogP contribution in [-0.4, -0.2) is 12.4 Å². The Bertz CT molecular complexity index is 223. The fraction of sp³-hybridized carbons (Fsp3) is 0.143. The molecule has 0 saturated carbocycles. The van der Waals surface area contributed by atoms with Crippen molar-refractivity contribution in [2.75, 3.05) is 0 Å². The molecule has 0 unspecified atom stereocenters. The van der Waals surface area contributed by atoms with Crippen molar-refractivity contribution >= 4 is 12.4 Å². The monoisotopic (exact) mass is 135 g/mol. The second-order valence-corrected chi connectivity index (χ2v) is 1.97. The molecule has 1 heterocycles. The van der Waals surface area contributed by atoms with Crippen molar-refractivity contribution in [1.29, 1.82) is 5.41 Å². The molecular formula is C7H9N3. The van der Waals surface area contributed by atoms with Gasteiger partial charge in [0.2, 0.25) is 0 Å². The van der Waals surface area contributed by atoms with E-state index in [1.54, 1.807) is 12.3 Å². The van der Waals surface area contributed by atoms with Crippen molar-refractivity contribution in [1.82, 2.24) is 5.32 Å². The van der Waals surface area contributed by atoms with Gasteiger partial charge in [0.25, 0.3) is 0 Å². The number of aliphatic imine (C=N–C) groups is 1. The summed E-state index contributed by atoms with van der Waals surface area (Å²) in [4.78, 5) is 3.97. The van der Waals surface area contributed by atoms with Crippen LogP contribution in [0.15, 0.2) is 28.7 Å². The minimum atomic E-state index is 0.718. The van der Waals surface area contributed by atoms with Gasteiger partial charge in [0.15, 0.2) is 0 Å². The first-order chi connectivity index (χ1) is 4.83. The lowest BCUT2D eigenvalue weighted by Crippen LogP contribution is -2.12. The predicted molar refractivity (Wildman–Crippen MR) is 42.3 cm³/mol. The summed E-state index contributed by atoms with van der Waals surface area (Å²) in [6, 6.07) is 0. The zero-order valence-electron chi connectivity index (χ0n) is 5.76. The molecule has 0 radical (unpaired) electrons. The minimum Gasteiger partial charge on any atom is -0.344 e. The maximum atomic E-state index is 6.77. The zero-order chi connectivity index (χ0) is 7.40. The Labute approximate surface area is 59.7 Å². The minimum absolute atomic E-state index is 0.718. The molecule has 1 aliphatic heterocycles. The molecule has 3 nitrogen and oxygen atoms in total. The molecule has 0 aromatic rings. The van der Waals surface area contributed by atoms with Gasteiger partial charge in [-0.3, -0.25) is 0 Å². The van der Waals surface area contributed by atoms with Crippen molar-refractivity contribution < 1.29 is 0 Å². The van der Waals surface area contributed by atoms with Crippen molar-refractivity contribution in [2.45, 2.75) is 6.92 Å². The van der Waals surface area contributed by atoms with Crippen LogP contribution in [0, 0.1) is 5.41 Å². The topological polar surface area (TPSA) is 48.2 Å². The van der Waals surface area contributed by atoms with Crippen LogP contribution in [0.25, 0.3) is 0 Å². The van der Waals surface area contributed by atoms with Gasteiger partial charge in [-0.1, -0.05) is 0 Å². The molecule has 1 rings (SSSR count).